The zero-order chi connectivity index (χ0) is 14.7. The molecule has 0 aliphatic heterocycles. The number of rotatable bonds is 5. The minimum absolute atomic E-state index is 0.0310. The van der Waals surface area contributed by atoms with Crippen LogP contribution >= 0.6 is 22.9 Å². The van der Waals surface area contributed by atoms with E-state index in [1.54, 1.807) is 24.5 Å². The lowest BCUT2D eigenvalue weighted by molar-refractivity contribution is 0.395. The smallest absolute Gasteiger partial charge is 0.123 e. The molecule has 108 valence electrons. The number of benzene rings is 1. The van der Waals surface area contributed by atoms with Crippen molar-refractivity contribution in [2.45, 2.75) is 25.9 Å². The Balaban J connectivity index is 2.15. The predicted molar refractivity (Wildman–Crippen MR) is 82.2 cm³/mol. The molecule has 1 aromatic heterocycles. The van der Waals surface area contributed by atoms with Crippen molar-refractivity contribution >= 4 is 22.9 Å². The van der Waals surface area contributed by atoms with Crippen molar-refractivity contribution in [1.29, 1.82) is 0 Å². The van der Waals surface area contributed by atoms with E-state index in [0.29, 0.717) is 5.75 Å². The average Bonchev–Trinajstić information content (AvgIpc) is 2.85. The van der Waals surface area contributed by atoms with Gasteiger partial charge in [-0.05, 0) is 44.2 Å². The maximum atomic E-state index is 13.4. The minimum atomic E-state index is -0.263. The van der Waals surface area contributed by atoms with Crippen LogP contribution in [0.5, 0.6) is 5.75 Å². The van der Waals surface area contributed by atoms with Gasteiger partial charge in [-0.25, -0.2) is 4.39 Å². The van der Waals surface area contributed by atoms with Crippen molar-refractivity contribution in [2.75, 3.05) is 7.11 Å². The summed E-state index contributed by atoms with van der Waals surface area (Å²) in [6.07, 6.45) is 0. The fraction of sp³-hybridized carbons (Fsp3) is 0.333. The monoisotopic (exact) mass is 313 g/mol. The van der Waals surface area contributed by atoms with E-state index in [4.69, 9.17) is 16.3 Å². The third-order valence-electron chi connectivity index (χ3n) is 3.18. The summed E-state index contributed by atoms with van der Waals surface area (Å²) in [5, 5.41) is 3.43. The topological polar surface area (TPSA) is 21.3 Å². The van der Waals surface area contributed by atoms with E-state index in [1.165, 1.54) is 12.1 Å². The Kier molecular flexibility index (Phi) is 5.02. The van der Waals surface area contributed by atoms with E-state index >= 15 is 0 Å². The summed E-state index contributed by atoms with van der Waals surface area (Å²) in [6, 6.07) is 8.54. The van der Waals surface area contributed by atoms with Gasteiger partial charge in [0.2, 0.25) is 0 Å². The molecule has 0 aliphatic carbocycles. The normalized spacial score (nSPS) is 14.1. The molecule has 1 heterocycles. The molecule has 0 fully saturated rings. The molecule has 0 saturated heterocycles. The molecule has 20 heavy (non-hydrogen) atoms. The van der Waals surface area contributed by atoms with E-state index in [9.17, 15) is 4.39 Å². The lowest BCUT2D eigenvalue weighted by Crippen LogP contribution is -2.22. The Labute approximate surface area is 127 Å². The number of hydrogen-bond acceptors (Lipinski definition) is 3. The van der Waals surface area contributed by atoms with Crippen LogP contribution in [0.25, 0.3) is 0 Å². The van der Waals surface area contributed by atoms with Gasteiger partial charge in [-0.3, -0.25) is 0 Å². The van der Waals surface area contributed by atoms with Crippen LogP contribution in [0.4, 0.5) is 4.39 Å². The Morgan fingerprint density at radius 1 is 1.20 bits per heavy atom. The fourth-order valence-corrected chi connectivity index (χ4v) is 3.22. The van der Waals surface area contributed by atoms with Gasteiger partial charge in [0.1, 0.15) is 11.6 Å². The van der Waals surface area contributed by atoms with Crippen LogP contribution in [0.3, 0.4) is 0 Å². The molecule has 0 aliphatic rings. The molecular formula is C15H17ClFNOS. The number of hydrogen-bond donors (Lipinski definition) is 1. The van der Waals surface area contributed by atoms with Crippen molar-refractivity contribution < 1.29 is 9.13 Å². The highest BCUT2D eigenvalue weighted by Crippen LogP contribution is 2.31. The summed E-state index contributed by atoms with van der Waals surface area (Å²) >= 11 is 7.49. The Bertz CT molecular complexity index is 587. The zero-order valence-corrected chi connectivity index (χ0v) is 13.2. The Morgan fingerprint density at radius 2 is 1.95 bits per heavy atom. The molecule has 0 bridgehead atoms. The van der Waals surface area contributed by atoms with Gasteiger partial charge >= 0.3 is 0 Å². The standard InChI is InChI=1S/C15H17ClFNOS/c1-9(12-8-11(17)4-5-13(12)19-3)18-10(2)14-6-7-15(16)20-14/h4-10,18H,1-3H3. The molecule has 1 aromatic carbocycles. The van der Waals surface area contributed by atoms with Crippen LogP contribution in [0.1, 0.15) is 36.4 Å². The van der Waals surface area contributed by atoms with Gasteiger partial charge in [-0.2, -0.15) is 0 Å². The number of halogens is 2. The van der Waals surface area contributed by atoms with E-state index in [-0.39, 0.29) is 17.9 Å². The quantitative estimate of drug-likeness (QED) is 0.842. The highest BCUT2D eigenvalue weighted by molar-refractivity contribution is 7.16. The molecule has 0 saturated carbocycles. The van der Waals surface area contributed by atoms with E-state index < -0.39 is 0 Å². The molecule has 1 N–H and O–H groups in total. The summed E-state index contributed by atoms with van der Waals surface area (Å²) in [6.45, 7) is 4.05. The Morgan fingerprint density at radius 3 is 2.55 bits per heavy atom. The van der Waals surface area contributed by atoms with E-state index in [0.717, 1.165) is 14.8 Å². The molecule has 0 amide bonds. The van der Waals surface area contributed by atoms with Crippen molar-refractivity contribution in [1.82, 2.24) is 5.32 Å². The van der Waals surface area contributed by atoms with Crippen LogP contribution in [-0.2, 0) is 0 Å². The van der Waals surface area contributed by atoms with Crippen LogP contribution < -0.4 is 10.1 Å². The van der Waals surface area contributed by atoms with Crippen LogP contribution in [-0.4, -0.2) is 7.11 Å². The summed E-state index contributed by atoms with van der Waals surface area (Å²) in [4.78, 5) is 1.15. The van der Waals surface area contributed by atoms with E-state index in [2.05, 4.69) is 12.2 Å². The average molecular weight is 314 g/mol. The fourth-order valence-electron chi connectivity index (χ4n) is 2.15. The highest BCUT2D eigenvalue weighted by atomic mass is 35.5. The molecule has 0 radical (unpaired) electrons. The second-order valence-electron chi connectivity index (χ2n) is 4.64. The van der Waals surface area contributed by atoms with Gasteiger partial charge in [0, 0.05) is 22.5 Å². The van der Waals surface area contributed by atoms with Crippen LogP contribution in [0.15, 0.2) is 30.3 Å². The first-order chi connectivity index (χ1) is 9.51. The number of thiophene rings is 1. The van der Waals surface area contributed by atoms with E-state index in [1.807, 2.05) is 19.1 Å². The van der Waals surface area contributed by atoms with Gasteiger partial charge in [0.15, 0.2) is 0 Å². The van der Waals surface area contributed by atoms with Crippen LogP contribution in [0.2, 0.25) is 4.34 Å². The number of nitrogens with one attached hydrogen (secondary N) is 1. The second-order valence-corrected chi connectivity index (χ2v) is 6.38. The summed E-state index contributed by atoms with van der Waals surface area (Å²) in [5.41, 5.74) is 0.807. The van der Waals surface area contributed by atoms with Crippen molar-refractivity contribution in [3.05, 3.63) is 50.9 Å². The van der Waals surface area contributed by atoms with Gasteiger partial charge in [0.25, 0.3) is 0 Å². The van der Waals surface area contributed by atoms with Crippen LogP contribution in [0, 0.1) is 5.82 Å². The summed E-state index contributed by atoms with van der Waals surface area (Å²) in [7, 11) is 1.59. The largest absolute Gasteiger partial charge is 0.496 e. The molecule has 2 aromatic rings. The zero-order valence-electron chi connectivity index (χ0n) is 11.6. The molecule has 0 spiro atoms. The molecule has 2 rings (SSSR count). The molecule has 2 nitrogen and oxygen atoms in total. The third kappa shape index (κ3) is 3.51. The molecule has 2 atom stereocenters. The van der Waals surface area contributed by atoms with Gasteiger partial charge < -0.3 is 10.1 Å². The molecule has 5 heteroatoms. The first-order valence-corrected chi connectivity index (χ1v) is 7.55. The van der Waals surface area contributed by atoms with Gasteiger partial charge in [0.05, 0.1) is 11.4 Å². The van der Waals surface area contributed by atoms with Gasteiger partial charge in [-0.1, -0.05) is 11.6 Å². The van der Waals surface area contributed by atoms with Crippen molar-refractivity contribution in [3.8, 4) is 5.75 Å². The number of methoxy groups -OCH3 is 1. The maximum Gasteiger partial charge on any atom is 0.123 e. The third-order valence-corrected chi connectivity index (χ3v) is 4.59. The van der Waals surface area contributed by atoms with Crippen molar-refractivity contribution in [3.63, 3.8) is 0 Å². The lowest BCUT2D eigenvalue weighted by atomic mass is 10.1. The summed E-state index contributed by atoms with van der Waals surface area (Å²) in [5.74, 6) is 0.420. The molecule has 2 unspecified atom stereocenters. The summed E-state index contributed by atoms with van der Waals surface area (Å²) < 4.78 is 19.5. The first-order valence-electron chi connectivity index (χ1n) is 6.36. The second kappa shape index (κ2) is 6.57. The van der Waals surface area contributed by atoms with Crippen molar-refractivity contribution in [2.24, 2.45) is 0 Å². The van der Waals surface area contributed by atoms with Gasteiger partial charge in [-0.15, -0.1) is 11.3 Å². The number of ether oxygens (including phenoxy) is 1. The minimum Gasteiger partial charge on any atom is -0.496 e. The molecular weight excluding hydrogens is 297 g/mol. The lowest BCUT2D eigenvalue weighted by Gasteiger charge is -2.21. The predicted octanol–water partition coefficient (Wildman–Crippen LogP) is 4.96. The SMILES string of the molecule is COc1ccc(F)cc1C(C)NC(C)c1ccc(Cl)s1. The maximum absolute atomic E-state index is 13.4. The Hall–Kier alpha value is -1.10. The first kappa shape index (κ1) is 15.3. The highest BCUT2D eigenvalue weighted by Gasteiger charge is 2.16.